The number of cyclic esters (lactones) is 2. The Morgan fingerprint density at radius 3 is 2.52 bits per heavy atom. The van der Waals surface area contributed by atoms with Crippen molar-refractivity contribution in [3.63, 3.8) is 0 Å². The van der Waals surface area contributed by atoms with E-state index in [0.29, 0.717) is 37.3 Å². The number of fused-ring (bicyclic) bond motifs is 1. The van der Waals surface area contributed by atoms with Crippen LogP contribution < -0.4 is 0 Å². The molecule has 0 bridgehead atoms. The second kappa shape index (κ2) is 7.87. The highest BCUT2D eigenvalue weighted by atomic mass is 19.1. The van der Waals surface area contributed by atoms with Crippen LogP contribution in [0.2, 0.25) is 0 Å². The summed E-state index contributed by atoms with van der Waals surface area (Å²) in [5.74, 6) is -0.325. The number of hydrogen-bond donors (Lipinski definition) is 0. The summed E-state index contributed by atoms with van der Waals surface area (Å²) in [4.78, 5) is 40.2. The molecule has 1 saturated carbocycles. The Hall–Kier alpha value is -1.96. The fourth-order valence-electron chi connectivity index (χ4n) is 6.51. The second-order valence-electron chi connectivity index (χ2n) is 10.1. The highest BCUT2D eigenvalue weighted by molar-refractivity contribution is 5.93. The first kappa shape index (κ1) is 20.9. The highest BCUT2D eigenvalue weighted by Crippen LogP contribution is 2.46. The maximum absolute atomic E-state index is 14.0. The molecule has 4 atom stereocenters. The quantitative estimate of drug-likeness (QED) is 0.632. The van der Waals surface area contributed by atoms with Crippen molar-refractivity contribution in [3.05, 3.63) is 11.5 Å². The van der Waals surface area contributed by atoms with E-state index in [1.165, 1.54) is 4.90 Å². The lowest BCUT2D eigenvalue weighted by Gasteiger charge is -2.40. The van der Waals surface area contributed by atoms with E-state index in [9.17, 15) is 18.8 Å². The number of piperidine rings is 1. The van der Waals surface area contributed by atoms with Crippen molar-refractivity contribution in [3.8, 4) is 0 Å². The molecule has 4 fully saturated rings. The minimum absolute atomic E-state index is 0.00363. The van der Waals surface area contributed by atoms with Crippen LogP contribution in [-0.2, 0) is 23.9 Å². The van der Waals surface area contributed by atoms with Gasteiger partial charge in [0.25, 0.3) is 0 Å². The number of hydrogen-bond acceptors (Lipinski definition) is 6. The molecular weight excluding hydrogens is 403 g/mol. The average molecular weight is 435 g/mol. The van der Waals surface area contributed by atoms with E-state index < -0.39 is 17.2 Å². The lowest BCUT2D eigenvalue weighted by molar-refractivity contribution is -0.142. The molecule has 0 radical (unpaired) electrons. The minimum atomic E-state index is -0.963. The van der Waals surface area contributed by atoms with Gasteiger partial charge in [0.05, 0.1) is 17.9 Å². The summed E-state index contributed by atoms with van der Waals surface area (Å²) < 4.78 is 24.1. The fourth-order valence-corrected chi connectivity index (χ4v) is 6.51. The van der Waals surface area contributed by atoms with Crippen molar-refractivity contribution in [2.45, 2.75) is 45.4 Å². The van der Waals surface area contributed by atoms with E-state index in [1.54, 1.807) is 0 Å². The van der Waals surface area contributed by atoms with Gasteiger partial charge in [0.2, 0.25) is 11.7 Å². The largest absolute Gasteiger partial charge is 0.465 e. The smallest absolute Gasteiger partial charge is 0.369 e. The lowest BCUT2D eigenvalue weighted by atomic mass is 9.67. The maximum atomic E-state index is 14.0. The van der Waals surface area contributed by atoms with Gasteiger partial charge in [-0.25, -0.2) is 4.79 Å². The first-order chi connectivity index (χ1) is 14.9. The summed E-state index contributed by atoms with van der Waals surface area (Å²) in [7, 11) is 0. The molecule has 5 aliphatic rings. The monoisotopic (exact) mass is 434 g/mol. The summed E-state index contributed by atoms with van der Waals surface area (Å²) in [6.07, 6.45) is 5.41. The van der Waals surface area contributed by atoms with Crippen molar-refractivity contribution < 1.29 is 28.2 Å². The minimum Gasteiger partial charge on any atom is -0.465 e. The summed E-state index contributed by atoms with van der Waals surface area (Å²) in [5, 5.41) is 0. The summed E-state index contributed by atoms with van der Waals surface area (Å²) in [6, 6.07) is 0. The fraction of sp³-hybridized carbons (Fsp3) is 0.783. The summed E-state index contributed by atoms with van der Waals surface area (Å²) in [6.45, 7) is 5.91. The SMILES string of the molecule is CC1C(CCN2CCC3(CC2)CCN(C2=C(F)C(=O)OC2)C3=O)CCC2C(=O)OCC21. The Labute approximate surface area is 181 Å². The number of ether oxygens (including phenoxy) is 2. The first-order valence-corrected chi connectivity index (χ1v) is 11.7. The topological polar surface area (TPSA) is 76.2 Å². The predicted octanol–water partition coefficient (Wildman–Crippen LogP) is 2.26. The van der Waals surface area contributed by atoms with E-state index in [-0.39, 0.29) is 30.1 Å². The maximum Gasteiger partial charge on any atom is 0.369 e. The van der Waals surface area contributed by atoms with Gasteiger partial charge in [0.15, 0.2) is 0 Å². The molecule has 170 valence electrons. The number of carbonyl (C=O) groups excluding carboxylic acids is 3. The Bertz CT molecular complexity index is 819. The van der Waals surface area contributed by atoms with Crippen LogP contribution in [0.25, 0.3) is 0 Å². The van der Waals surface area contributed by atoms with Gasteiger partial charge >= 0.3 is 11.9 Å². The van der Waals surface area contributed by atoms with Crippen molar-refractivity contribution in [2.24, 2.45) is 29.1 Å². The zero-order chi connectivity index (χ0) is 21.8. The third-order valence-corrected chi connectivity index (χ3v) is 8.75. The number of halogens is 1. The van der Waals surface area contributed by atoms with Crippen LogP contribution >= 0.6 is 0 Å². The van der Waals surface area contributed by atoms with E-state index >= 15 is 0 Å². The van der Waals surface area contributed by atoms with Crippen LogP contribution in [0.3, 0.4) is 0 Å². The van der Waals surface area contributed by atoms with Gasteiger partial charge in [0.1, 0.15) is 12.3 Å². The molecule has 5 rings (SSSR count). The molecule has 31 heavy (non-hydrogen) atoms. The molecule has 0 aromatic heterocycles. The zero-order valence-electron chi connectivity index (χ0n) is 18.1. The Morgan fingerprint density at radius 1 is 1.06 bits per heavy atom. The van der Waals surface area contributed by atoms with Crippen LogP contribution in [0.5, 0.6) is 0 Å². The molecule has 4 aliphatic heterocycles. The van der Waals surface area contributed by atoms with E-state index in [4.69, 9.17) is 9.47 Å². The van der Waals surface area contributed by atoms with Crippen molar-refractivity contribution in [1.82, 2.24) is 9.80 Å². The molecular formula is C23H31FN2O5. The number of nitrogens with zero attached hydrogens (tertiary/aromatic N) is 2. The number of likely N-dealkylation sites (tertiary alicyclic amines) is 2. The molecule has 4 unspecified atom stereocenters. The van der Waals surface area contributed by atoms with Crippen LogP contribution in [-0.4, -0.2) is 67.0 Å². The molecule has 8 heteroatoms. The molecule has 1 spiro atoms. The van der Waals surface area contributed by atoms with Crippen LogP contribution in [0, 0.1) is 29.1 Å². The Balaban J connectivity index is 1.13. The molecule has 3 saturated heterocycles. The van der Waals surface area contributed by atoms with Gasteiger partial charge in [-0.15, -0.1) is 0 Å². The van der Waals surface area contributed by atoms with E-state index in [2.05, 4.69) is 11.8 Å². The van der Waals surface area contributed by atoms with Crippen molar-refractivity contribution in [1.29, 1.82) is 0 Å². The van der Waals surface area contributed by atoms with Gasteiger partial charge < -0.3 is 19.3 Å². The van der Waals surface area contributed by atoms with Gasteiger partial charge in [-0.1, -0.05) is 6.92 Å². The van der Waals surface area contributed by atoms with Crippen LogP contribution in [0.15, 0.2) is 11.5 Å². The summed E-state index contributed by atoms with van der Waals surface area (Å²) >= 11 is 0. The molecule has 4 heterocycles. The number of amides is 1. The Morgan fingerprint density at radius 2 is 1.81 bits per heavy atom. The third kappa shape index (κ3) is 3.47. The highest BCUT2D eigenvalue weighted by Gasteiger charge is 2.51. The molecule has 0 aromatic carbocycles. The number of carbonyl (C=O) groups is 3. The van der Waals surface area contributed by atoms with Gasteiger partial charge in [-0.05, 0) is 70.0 Å². The zero-order valence-corrected chi connectivity index (χ0v) is 18.1. The molecule has 0 aromatic rings. The molecule has 1 aliphatic carbocycles. The van der Waals surface area contributed by atoms with Crippen LogP contribution in [0.1, 0.15) is 45.4 Å². The van der Waals surface area contributed by atoms with Gasteiger partial charge in [0, 0.05) is 12.5 Å². The van der Waals surface area contributed by atoms with Crippen LogP contribution in [0.4, 0.5) is 4.39 Å². The Kier molecular flexibility index (Phi) is 5.31. The lowest BCUT2D eigenvalue weighted by Crippen LogP contribution is -2.45. The first-order valence-electron chi connectivity index (χ1n) is 11.7. The third-order valence-electron chi connectivity index (χ3n) is 8.75. The summed E-state index contributed by atoms with van der Waals surface area (Å²) in [5.41, 5.74) is -0.323. The molecule has 1 amide bonds. The van der Waals surface area contributed by atoms with E-state index in [1.807, 2.05) is 0 Å². The van der Waals surface area contributed by atoms with Gasteiger partial charge in [-0.2, -0.15) is 4.39 Å². The average Bonchev–Trinajstić information content (AvgIpc) is 3.41. The number of esters is 2. The second-order valence-corrected chi connectivity index (χ2v) is 10.1. The normalized spacial score (nSPS) is 35.7. The molecule has 7 nitrogen and oxygen atoms in total. The standard InChI is InChI=1S/C23H31FN2O5/c1-14-15(2-3-16-17(14)12-30-20(16)27)4-8-25-9-5-23(6-10-25)7-11-26(22(23)29)18-13-31-21(28)19(18)24/h14-17H,2-13H2,1H3. The van der Waals surface area contributed by atoms with E-state index in [0.717, 1.165) is 51.7 Å². The van der Waals surface area contributed by atoms with Gasteiger partial charge in [-0.3, -0.25) is 9.59 Å². The predicted molar refractivity (Wildman–Crippen MR) is 108 cm³/mol. The van der Waals surface area contributed by atoms with Crippen molar-refractivity contribution in [2.75, 3.05) is 39.4 Å². The number of rotatable bonds is 4. The molecule has 0 N–H and O–H groups in total. The van der Waals surface area contributed by atoms with Crippen molar-refractivity contribution >= 4 is 17.8 Å².